The van der Waals surface area contributed by atoms with Crippen molar-refractivity contribution in [3.8, 4) is 0 Å². The average Bonchev–Trinajstić information content (AvgIpc) is 2.88. The van der Waals surface area contributed by atoms with Gasteiger partial charge < -0.3 is 9.63 Å². The number of benzene rings is 1. The molecule has 2 rings (SSSR count). The summed E-state index contributed by atoms with van der Waals surface area (Å²) < 4.78 is 5.11. The number of non-ortho nitro benzene ring substituents is 1. The molecule has 1 aromatic carbocycles. The van der Waals surface area contributed by atoms with Crippen LogP contribution in [0.3, 0.4) is 0 Å². The Morgan fingerprint density at radius 2 is 1.91 bits per heavy atom. The summed E-state index contributed by atoms with van der Waals surface area (Å²) in [4.78, 5) is 22.5. The second-order valence-corrected chi connectivity index (χ2v) is 5.69. The van der Waals surface area contributed by atoms with E-state index in [1.54, 1.807) is 0 Å². The molecule has 0 saturated heterocycles. The molecule has 0 spiro atoms. The highest BCUT2D eigenvalue weighted by atomic mass is 16.6. The van der Waals surface area contributed by atoms with Gasteiger partial charge in [0.15, 0.2) is 0 Å². The molecule has 0 aliphatic rings. The number of nitro groups is 1. The van der Waals surface area contributed by atoms with E-state index in [0.717, 1.165) is 4.90 Å². The molecule has 1 amide bonds. The van der Waals surface area contributed by atoms with E-state index in [2.05, 4.69) is 5.16 Å². The van der Waals surface area contributed by atoms with Crippen molar-refractivity contribution in [3.05, 3.63) is 46.1 Å². The molecule has 0 saturated carbocycles. The van der Waals surface area contributed by atoms with E-state index in [1.807, 2.05) is 20.8 Å². The first-order valence-electron chi connectivity index (χ1n) is 6.45. The third-order valence-corrected chi connectivity index (χ3v) is 3.00. The van der Waals surface area contributed by atoms with Crippen molar-refractivity contribution >= 4 is 23.4 Å². The predicted molar refractivity (Wildman–Crippen MR) is 78.5 cm³/mol. The van der Waals surface area contributed by atoms with Crippen molar-refractivity contribution in [2.75, 3.05) is 4.90 Å². The fourth-order valence-corrected chi connectivity index (χ4v) is 1.78. The summed E-state index contributed by atoms with van der Waals surface area (Å²) in [6.45, 7) is 5.77. The molecular weight excluding hydrogens is 290 g/mol. The molecule has 116 valence electrons. The van der Waals surface area contributed by atoms with E-state index in [0.29, 0.717) is 5.69 Å². The number of hydrogen-bond donors (Lipinski definition) is 1. The fourth-order valence-electron chi connectivity index (χ4n) is 1.78. The Labute approximate surface area is 126 Å². The van der Waals surface area contributed by atoms with Gasteiger partial charge in [0, 0.05) is 23.6 Å². The largest absolute Gasteiger partial charge is 0.464 e. The molecule has 0 aliphatic heterocycles. The van der Waals surface area contributed by atoms with Crippen LogP contribution in [0.1, 0.15) is 26.5 Å². The van der Waals surface area contributed by atoms with Crippen LogP contribution >= 0.6 is 0 Å². The van der Waals surface area contributed by atoms with Crippen LogP contribution in [0.2, 0.25) is 0 Å². The Bertz CT molecular complexity index is 700. The summed E-state index contributed by atoms with van der Waals surface area (Å²) in [7, 11) is 0. The monoisotopic (exact) mass is 305 g/mol. The van der Waals surface area contributed by atoms with Crippen LogP contribution in [-0.2, 0) is 5.41 Å². The van der Waals surface area contributed by atoms with Crippen molar-refractivity contribution in [3.63, 3.8) is 0 Å². The molecule has 0 fully saturated rings. The molecule has 1 heterocycles. The van der Waals surface area contributed by atoms with Crippen LogP contribution in [0.5, 0.6) is 0 Å². The maximum Gasteiger partial charge on any atom is 0.418 e. The van der Waals surface area contributed by atoms with Crippen molar-refractivity contribution < 1.29 is 19.3 Å². The third-order valence-electron chi connectivity index (χ3n) is 3.00. The average molecular weight is 305 g/mol. The van der Waals surface area contributed by atoms with Gasteiger partial charge in [0.25, 0.3) is 5.69 Å². The summed E-state index contributed by atoms with van der Waals surface area (Å²) in [6, 6.07) is 6.67. The van der Waals surface area contributed by atoms with Crippen LogP contribution in [-0.4, -0.2) is 21.3 Å². The lowest BCUT2D eigenvalue weighted by molar-refractivity contribution is -0.384. The van der Waals surface area contributed by atoms with Crippen molar-refractivity contribution in [2.24, 2.45) is 0 Å². The van der Waals surface area contributed by atoms with Gasteiger partial charge in [0.2, 0.25) is 5.88 Å². The number of hydrogen-bond acceptors (Lipinski definition) is 5. The molecule has 22 heavy (non-hydrogen) atoms. The molecule has 0 atom stereocenters. The number of nitrogens with zero attached hydrogens (tertiary/aromatic N) is 3. The second kappa shape index (κ2) is 5.47. The standard InChI is InChI=1S/C14H15N3O5/c1-14(2,3)11-8-12(22-15-11)16(13(18)19)9-4-6-10(7-5-9)17(20)21/h4-8H,1-3H3,(H,18,19). The molecular formula is C14H15N3O5. The summed E-state index contributed by atoms with van der Waals surface area (Å²) >= 11 is 0. The first kappa shape index (κ1) is 15.5. The Balaban J connectivity index is 2.40. The normalized spacial score (nSPS) is 11.2. The first-order valence-corrected chi connectivity index (χ1v) is 6.45. The van der Waals surface area contributed by atoms with Gasteiger partial charge in [-0.15, -0.1) is 0 Å². The van der Waals surface area contributed by atoms with E-state index in [1.165, 1.54) is 30.3 Å². The minimum absolute atomic E-state index is 0.0336. The molecule has 0 bridgehead atoms. The minimum atomic E-state index is -1.27. The van der Waals surface area contributed by atoms with Crippen molar-refractivity contribution in [2.45, 2.75) is 26.2 Å². The van der Waals surface area contributed by atoms with Gasteiger partial charge in [0.05, 0.1) is 16.3 Å². The molecule has 1 aromatic heterocycles. The van der Waals surface area contributed by atoms with E-state index in [-0.39, 0.29) is 22.7 Å². The SMILES string of the molecule is CC(C)(C)c1cc(N(C(=O)O)c2ccc([N+](=O)[O-])cc2)on1. The van der Waals surface area contributed by atoms with E-state index in [9.17, 15) is 20.0 Å². The highest BCUT2D eigenvalue weighted by Gasteiger charge is 2.26. The molecule has 0 unspecified atom stereocenters. The number of aromatic nitrogens is 1. The molecule has 1 N–H and O–H groups in total. The van der Waals surface area contributed by atoms with E-state index < -0.39 is 11.0 Å². The Kier molecular flexibility index (Phi) is 3.85. The number of amides is 1. The lowest BCUT2D eigenvalue weighted by atomic mass is 9.92. The molecule has 0 aliphatic carbocycles. The molecule has 0 radical (unpaired) electrons. The highest BCUT2D eigenvalue weighted by molar-refractivity contribution is 5.93. The maximum atomic E-state index is 11.5. The van der Waals surface area contributed by atoms with Gasteiger partial charge in [0.1, 0.15) is 0 Å². The number of rotatable bonds is 3. The maximum absolute atomic E-state index is 11.5. The number of anilines is 2. The van der Waals surface area contributed by atoms with E-state index in [4.69, 9.17) is 4.52 Å². The van der Waals surface area contributed by atoms with Gasteiger partial charge in [-0.1, -0.05) is 25.9 Å². The summed E-state index contributed by atoms with van der Waals surface area (Å²) in [6.07, 6.45) is -1.27. The van der Waals surface area contributed by atoms with Crippen LogP contribution in [0, 0.1) is 10.1 Å². The van der Waals surface area contributed by atoms with Gasteiger partial charge in [-0.3, -0.25) is 10.1 Å². The Morgan fingerprint density at radius 1 is 1.32 bits per heavy atom. The van der Waals surface area contributed by atoms with Crippen LogP contribution in [0.15, 0.2) is 34.9 Å². The second-order valence-electron chi connectivity index (χ2n) is 5.69. The predicted octanol–water partition coefficient (Wildman–Crippen LogP) is 3.70. The lowest BCUT2D eigenvalue weighted by Crippen LogP contribution is -2.23. The zero-order chi connectivity index (χ0) is 16.5. The minimum Gasteiger partial charge on any atom is -0.464 e. The first-order chi connectivity index (χ1) is 10.2. The lowest BCUT2D eigenvalue weighted by Gasteiger charge is -2.15. The van der Waals surface area contributed by atoms with Gasteiger partial charge in [-0.25, -0.2) is 9.69 Å². The smallest absolute Gasteiger partial charge is 0.418 e. The van der Waals surface area contributed by atoms with Gasteiger partial charge >= 0.3 is 6.09 Å². The third kappa shape index (κ3) is 3.05. The zero-order valence-corrected chi connectivity index (χ0v) is 12.3. The van der Waals surface area contributed by atoms with Crippen LogP contribution < -0.4 is 4.90 Å². The van der Waals surface area contributed by atoms with E-state index >= 15 is 0 Å². The van der Waals surface area contributed by atoms with Crippen LogP contribution in [0.25, 0.3) is 0 Å². The summed E-state index contributed by atoms with van der Waals surface area (Å²) in [5.74, 6) is 0.0336. The Hall–Kier alpha value is -2.90. The summed E-state index contributed by atoms with van der Waals surface area (Å²) in [5, 5.41) is 23.9. The highest BCUT2D eigenvalue weighted by Crippen LogP contribution is 2.31. The summed E-state index contributed by atoms with van der Waals surface area (Å²) in [5.41, 5.74) is 0.425. The molecule has 8 nitrogen and oxygen atoms in total. The molecule has 2 aromatic rings. The number of nitro benzene ring substituents is 1. The zero-order valence-electron chi connectivity index (χ0n) is 12.3. The van der Waals surface area contributed by atoms with Crippen LogP contribution in [0.4, 0.5) is 22.1 Å². The van der Waals surface area contributed by atoms with Gasteiger partial charge in [-0.2, -0.15) is 0 Å². The molecule has 8 heteroatoms. The fraction of sp³-hybridized carbons (Fsp3) is 0.286. The van der Waals surface area contributed by atoms with Gasteiger partial charge in [-0.05, 0) is 12.1 Å². The van der Waals surface area contributed by atoms with Crippen molar-refractivity contribution in [1.82, 2.24) is 5.16 Å². The Morgan fingerprint density at radius 3 is 2.32 bits per heavy atom. The number of carbonyl (C=O) groups is 1. The number of carboxylic acid groups (broad SMARTS) is 1. The topological polar surface area (TPSA) is 110 Å². The quantitative estimate of drug-likeness (QED) is 0.684. The van der Waals surface area contributed by atoms with Crippen molar-refractivity contribution in [1.29, 1.82) is 0 Å².